The van der Waals surface area contributed by atoms with Crippen molar-refractivity contribution in [1.82, 2.24) is 0 Å². The highest BCUT2D eigenvalue weighted by molar-refractivity contribution is 7.17. The molecular formula is C18H16O2S. The highest BCUT2D eigenvalue weighted by atomic mass is 32.1. The van der Waals surface area contributed by atoms with Crippen molar-refractivity contribution in [3.63, 3.8) is 0 Å². The van der Waals surface area contributed by atoms with E-state index in [0.717, 1.165) is 27.0 Å². The van der Waals surface area contributed by atoms with E-state index < -0.39 is 0 Å². The van der Waals surface area contributed by atoms with Crippen LogP contribution in [0.3, 0.4) is 0 Å². The molecule has 3 aromatic rings. The van der Waals surface area contributed by atoms with Crippen molar-refractivity contribution in [1.29, 1.82) is 0 Å². The van der Waals surface area contributed by atoms with Crippen molar-refractivity contribution in [3.8, 4) is 5.75 Å². The SMILES string of the molecule is Cc1cccc(OCCC(=O)c2cccc3ccsc23)c1. The zero-order valence-corrected chi connectivity index (χ0v) is 12.7. The molecule has 1 heterocycles. The number of fused-ring (bicyclic) bond motifs is 1. The van der Waals surface area contributed by atoms with Gasteiger partial charge in [-0.1, -0.05) is 24.3 Å². The number of ether oxygens (including phenoxy) is 1. The lowest BCUT2D eigenvalue weighted by Gasteiger charge is -2.07. The summed E-state index contributed by atoms with van der Waals surface area (Å²) in [5.74, 6) is 0.952. The molecule has 0 spiro atoms. The summed E-state index contributed by atoms with van der Waals surface area (Å²) in [5, 5.41) is 3.15. The van der Waals surface area contributed by atoms with E-state index in [1.807, 2.05) is 60.8 Å². The molecule has 2 nitrogen and oxygen atoms in total. The summed E-state index contributed by atoms with van der Waals surface area (Å²) in [6.07, 6.45) is 0.394. The van der Waals surface area contributed by atoms with Crippen molar-refractivity contribution in [2.75, 3.05) is 6.61 Å². The van der Waals surface area contributed by atoms with Crippen LogP contribution in [0.4, 0.5) is 0 Å². The molecule has 0 aliphatic heterocycles. The maximum absolute atomic E-state index is 12.3. The Kier molecular flexibility index (Phi) is 4.02. The molecule has 0 unspecified atom stereocenters. The van der Waals surface area contributed by atoms with Crippen LogP contribution in [0.15, 0.2) is 53.9 Å². The molecule has 0 fully saturated rings. The van der Waals surface area contributed by atoms with Gasteiger partial charge in [-0.3, -0.25) is 4.79 Å². The molecule has 0 amide bonds. The zero-order valence-electron chi connectivity index (χ0n) is 11.8. The number of ketones is 1. The molecule has 0 N–H and O–H groups in total. The monoisotopic (exact) mass is 296 g/mol. The van der Waals surface area contributed by atoms with Gasteiger partial charge in [0, 0.05) is 16.7 Å². The molecule has 0 atom stereocenters. The number of carbonyl (C=O) groups excluding carboxylic acids is 1. The summed E-state index contributed by atoms with van der Waals surface area (Å²) in [6.45, 7) is 2.43. The lowest BCUT2D eigenvalue weighted by atomic mass is 10.1. The van der Waals surface area contributed by atoms with E-state index >= 15 is 0 Å². The molecule has 21 heavy (non-hydrogen) atoms. The van der Waals surface area contributed by atoms with Gasteiger partial charge in [-0.15, -0.1) is 11.3 Å². The van der Waals surface area contributed by atoms with Crippen LogP contribution in [0.5, 0.6) is 5.75 Å². The first-order valence-electron chi connectivity index (χ1n) is 6.93. The van der Waals surface area contributed by atoms with Gasteiger partial charge in [-0.2, -0.15) is 0 Å². The number of Topliss-reactive ketones (excluding diaryl/α,β-unsaturated/α-hetero) is 1. The molecular weight excluding hydrogens is 280 g/mol. The van der Waals surface area contributed by atoms with E-state index in [9.17, 15) is 4.79 Å². The first-order chi connectivity index (χ1) is 10.2. The predicted octanol–water partition coefficient (Wildman–Crippen LogP) is 4.86. The zero-order chi connectivity index (χ0) is 14.7. The standard InChI is InChI=1S/C18H16O2S/c1-13-4-2-6-15(12-13)20-10-8-17(19)16-7-3-5-14-9-11-21-18(14)16/h2-7,9,11-12H,8,10H2,1H3. The minimum atomic E-state index is 0.135. The maximum atomic E-state index is 12.3. The summed E-state index contributed by atoms with van der Waals surface area (Å²) >= 11 is 1.61. The molecule has 1 aromatic heterocycles. The topological polar surface area (TPSA) is 26.3 Å². The van der Waals surface area contributed by atoms with Gasteiger partial charge in [0.2, 0.25) is 0 Å². The lowest BCUT2D eigenvalue weighted by molar-refractivity contribution is 0.0964. The normalized spacial score (nSPS) is 10.7. The van der Waals surface area contributed by atoms with Crippen LogP contribution in [-0.2, 0) is 0 Å². The summed E-state index contributed by atoms with van der Waals surface area (Å²) in [5.41, 5.74) is 1.96. The Morgan fingerprint density at radius 2 is 2.00 bits per heavy atom. The highest BCUT2D eigenvalue weighted by Gasteiger charge is 2.11. The van der Waals surface area contributed by atoms with Crippen molar-refractivity contribution < 1.29 is 9.53 Å². The summed E-state index contributed by atoms with van der Waals surface area (Å²) in [4.78, 5) is 12.3. The van der Waals surface area contributed by atoms with Gasteiger partial charge in [0.15, 0.2) is 5.78 Å². The first-order valence-corrected chi connectivity index (χ1v) is 7.81. The van der Waals surface area contributed by atoms with Gasteiger partial charge in [0.05, 0.1) is 6.61 Å². The second kappa shape index (κ2) is 6.10. The van der Waals surface area contributed by atoms with Crippen LogP contribution in [0.25, 0.3) is 10.1 Å². The van der Waals surface area contributed by atoms with E-state index in [-0.39, 0.29) is 5.78 Å². The Hall–Kier alpha value is -2.13. The molecule has 0 saturated heterocycles. The quantitative estimate of drug-likeness (QED) is 0.628. The average molecular weight is 296 g/mol. The summed E-state index contributed by atoms with van der Waals surface area (Å²) in [7, 11) is 0. The molecule has 0 saturated carbocycles. The maximum Gasteiger partial charge on any atom is 0.167 e. The Bertz CT molecular complexity index is 773. The average Bonchev–Trinajstić information content (AvgIpc) is 2.95. The number of aryl methyl sites for hydroxylation is 1. The van der Waals surface area contributed by atoms with Crippen molar-refractivity contribution >= 4 is 27.2 Å². The fraction of sp³-hybridized carbons (Fsp3) is 0.167. The van der Waals surface area contributed by atoms with Crippen LogP contribution in [0.1, 0.15) is 22.3 Å². The van der Waals surface area contributed by atoms with Crippen LogP contribution >= 0.6 is 11.3 Å². The fourth-order valence-corrected chi connectivity index (χ4v) is 3.25. The van der Waals surface area contributed by atoms with Crippen molar-refractivity contribution in [3.05, 3.63) is 65.0 Å². The van der Waals surface area contributed by atoms with Crippen molar-refractivity contribution in [2.24, 2.45) is 0 Å². The second-order valence-corrected chi connectivity index (χ2v) is 5.90. The Labute approximate surface area is 128 Å². The number of benzene rings is 2. The molecule has 3 heteroatoms. The highest BCUT2D eigenvalue weighted by Crippen LogP contribution is 2.25. The van der Waals surface area contributed by atoms with E-state index in [0.29, 0.717) is 13.0 Å². The van der Waals surface area contributed by atoms with Gasteiger partial charge < -0.3 is 4.74 Å². The van der Waals surface area contributed by atoms with Crippen LogP contribution < -0.4 is 4.74 Å². The minimum absolute atomic E-state index is 0.135. The molecule has 0 aliphatic carbocycles. The smallest absolute Gasteiger partial charge is 0.167 e. The lowest BCUT2D eigenvalue weighted by Crippen LogP contribution is -2.06. The third kappa shape index (κ3) is 3.14. The minimum Gasteiger partial charge on any atom is -0.493 e. The van der Waals surface area contributed by atoms with E-state index in [1.165, 1.54) is 0 Å². The second-order valence-electron chi connectivity index (χ2n) is 4.98. The Morgan fingerprint density at radius 1 is 1.14 bits per heavy atom. The molecule has 106 valence electrons. The van der Waals surface area contributed by atoms with Crippen LogP contribution in [-0.4, -0.2) is 12.4 Å². The number of carbonyl (C=O) groups is 1. The van der Waals surface area contributed by atoms with Gasteiger partial charge in [0.25, 0.3) is 0 Å². The largest absolute Gasteiger partial charge is 0.493 e. The van der Waals surface area contributed by atoms with Crippen LogP contribution in [0.2, 0.25) is 0 Å². The number of hydrogen-bond acceptors (Lipinski definition) is 3. The molecule has 3 rings (SSSR count). The Balaban J connectivity index is 1.65. The number of hydrogen-bond donors (Lipinski definition) is 0. The van der Waals surface area contributed by atoms with Gasteiger partial charge in [-0.25, -0.2) is 0 Å². The van der Waals surface area contributed by atoms with E-state index in [2.05, 4.69) is 0 Å². The molecule has 0 bridgehead atoms. The van der Waals surface area contributed by atoms with E-state index in [4.69, 9.17) is 4.74 Å². The molecule has 0 aliphatic rings. The van der Waals surface area contributed by atoms with Gasteiger partial charge in [0.1, 0.15) is 5.75 Å². The third-order valence-corrected chi connectivity index (χ3v) is 4.33. The summed E-state index contributed by atoms with van der Waals surface area (Å²) < 4.78 is 6.72. The van der Waals surface area contributed by atoms with Crippen molar-refractivity contribution in [2.45, 2.75) is 13.3 Å². The van der Waals surface area contributed by atoms with Crippen LogP contribution in [0, 0.1) is 6.92 Å². The third-order valence-electron chi connectivity index (χ3n) is 3.37. The fourth-order valence-electron chi connectivity index (χ4n) is 2.31. The van der Waals surface area contributed by atoms with E-state index in [1.54, 1.807) is 11.3 Å². The predicted molar refractivity (Wildman–Crippen MR) is 87.4 cm³/mol. The number of rotatable bonds is 5. The first kappa shape index (κ1) is 13.8. The summed E-state index contributed by atoms with van der Waals surface area (Å²) in [6, 6.07) is 15.8. The molecule has 0 radical (unpaired) electrons. The van der Waals surface area contributed by atoms with Gasteiger partial charge >= 0.3 is 0 Å². The van der Waals surface area contributed by atoms with Gasteiger partial charge in [-0.05, 0) is 47.5 Å². The Morgan fingerprint density at radius 3 is 2.86 bits per heavy atom. The number of thiophene rings is 1. The molecule has 2 aromatic carbocycles.